The van der Waals surface area contributed by atoms with E-state index in [1.165, 1.54) is 12.5 Å². The lowest BCUT2D eigenvalue weighted by molar-refractivity contribution is -0.118. The highest BCUT2D eigenvalue weighted by Crippen LogP contribution is 2.39. The van der Waals surface area contributed by atoms with Gasteiger partial charge in [-0.25, -0.2) is 0 Å². The number of ketones is 1. The highest BCUT2D eigenvalue weighted by Gasteiger charge is 2.22. The average Bonchev–Trinajstić information content (AvgIpc) is 2.81. The van der Waals surface area contributed by atoms with Crippen molar-refractivity contribution in [2.45, 2.75) is 20.3 Å². The number of nitrogens with one attached hydrogen (secondary N) is 1. The highest BCUT2D eigenvalue weighted by atomic mass is 16.5. The molecule has 0 amide bonds. The van der Waals surface area contributed by atoms with E-state index in [-0.39, 0.29) is 12.4 Å². The molecular formula is C20H21NO3. The van der Waals surface area contributed by atoms with Gasteiger partial charge in [0, 0.05) is 29.3 Å². The fourth-order valence-corrected chi connectivity index (χ4v) is 2.95. The smallest absolute Gasteiger partial charge is 0.167 e. The van der Waals surface area contributed by atoms with Crippen LogP contribution in [-0.2, 0) is 11.2 Å². The topological polar surface area (TPSA) is 51.3 Å². The van der Waals surface area contributed by atoms with E-state index in [1.807, 2.05) is 37.3 Å². The van der Waals surface area contributed by atoms with Gasteiger partial charge >= 0.3 is 0 Å². The Labute approximate surface area is 141 Å². The third-order valence-corrected chi connectivity index (χ3v) is 3.99. The fourth-order valence-electron chi connectivity index (χ4n) is 2.95. The molecule has 2 heterocycles. The molecule has 1 aromatic carbocycles. The third kappa shape index (κ3) is 3.00. The Bertz CT molecular complexity index is 815. The molecule has 3 rings (SSSR count). The van der Waals surface area contributed by atoms with E-state index in [1.54, 1.807) is 0 Å². The zero-order chi connectivity index (χ0) is 17.1. The number of Topliss-reactive ketones (excluding diaryl/α,β-unsaturated/α-hetero) is 1. The SMILES string of the molecule is C=Cc1[nH]c2c(c1/C=C\C)CCOc1cc(OCC(C)=O)ccc1-2. The first-order valence-corrected chi connectivity index (χ1v) is 8.03. The largest absolute Gasteiger partial charge is 0.492 e. The van der Waals surface area contributed by atoms with Crippen LogP contribution in [-0.4, -0.2) is 24.0 Å². The Morgan fingerprint density at radius 3 is 3.00 bits per heavy atom. The van der Waals surface area contributed by atoms with Crippen molar-refractivity contribution >= 4 is 17.9 Å². The second-order valence-electron chi connectivity index (χ2n) is 5.76. The van der Waals surface area contributed by atoms with Crippen molar-refractivity contribution < 1.29 is 14.3 Å². The van der Waals surface area contributed by atoms with Crippen LogP contribution in [0.2, 0.25) is 0 Å². The van der Waals surface area contributed by atoms with Crippen LogP contribution in [0.5, 0.6) is 11.5 Å². The number of benzene rings is 1. The van der Waals surface area contributed by atoms with Crippen molar-refractivity contribution in [2.24, 2.45) is 0 Å². The Balaban J connectivity index is 2.05. The summed E-state index contributed by atoms with van der Waals surface area (Å²) in [5.74, 6) is 1.39. The van der Waals surface area contributed by atoms with Crippen LogP contribution in [0.4, 0.5) is 0 Å². The molecule has 0 fully saturated rings. The van der Waals surface area contributed by atoms with Gasteiger partial charge in [-0.3, -0.25) is 4.79 Å². The minimum Gasteiger partial charge on any atom is -0.492 e. The first-order chi connectivity index (χ1) is 11.6. The van der Waals surface area contributed by atoms with Crippen LogP contribution in [0.25, 0.3) is 23.4 Å². The molecule has 24 heavy (non-hydrogen) atoms. The monoisotopic (exact) mass is 323 g/mol. The van der Waals surface area contributed by atoms with Crippen LogP contribution >= 0.6 is 0 Å². The molecule has 4 heteroatoms. The molecule has 0 bridgehead atoms. The van der Waals surface area contributed by atoms with Crippen molar-refractivity contribution in [1.82, 2.24) is 4.98 Å². The molecule has 0 atom stereocenters. The van der Waals surface area contributed by atoms with Gasteiger partial charge in [-0.15, -0.1) is 0 Å². The van der Waals surface area contributed by atoms with Crippen LogP contribution in [0, 0.1) is 0 Å². The zero-order valence-corrected chi connectivity index (χ0v) is 14.0. The van der Waals surface area contributed by atoms with Gasteiger partial charge in [0.15, 0.2) is 5.78 Å². The number of aromatic nitrogens is 1. The van der Waals surface area contributed by atoms with Crippen molar-refractivity contribution in [1.29, 1.82) is 0 Å². The summed E-state index contributed by atoms with van der Waals surface area (Å²) in [5, 5.41) is 0. The molecule has 0 spiro atoms. The van der Waals surface area contributed by atoms with E-state index >= 15 is 0 Å². The number of hydrogen-bond donors (Lipinski definition) is 1. The first kappa shape index (κ1) is 16.1. The van der Waals surface area contributed by atoms with E-state index in [4.69, 9.17) is 9.47 Å². The summed E-state index contributed by atoms with van der Waals surface area (Å²) >= 11 is 0. The van der Waals surface area contributed by atoms with E-state index in [0.717, 1.165) is 34.7 Å². The standard InChI is InChI=1S/C20H21NO3/c1-4-6-15-16-9-10-23-19-11-14(24-12-13(3)22)7-8-17(19)20(16)21-18(15)5-2/h4-8,11,21H,2,9-10,12H2,1,3H3/b6-4-. The maximum atomic E-state index is 11.1. The average molecular weight is 323 g/mol. The molecule has 1 aliphatic rings. The minimum atomic E-state index is -0.0101. The summed E-state index contributed by atoms with van der Waals surface area (Å²) in [6.45, 7) is 8.07. The van der Waals surface area contributed by atoms with Crippen molar-refractivity contribution in [3.05, 3.63) is 47.7 Å². The normalized spacial score (nSPS) is 12.9. The van der Waals surface area contributed by atoms with E-state index in [0.29, 0.717) is 12.4 Å². The Kier molecular flexibility index (Phi) is 4.56. The van der Waals surface area contributed by atoms with Gasteiger partial charge in [0.05, 0.1) is 12.3 Å². The number of hydrogen-bond acceptors (Lipinski definition) is 3. The summed E-state index contributed by atoms with van der Waals surface area (Å²) in [6.07, 6.45) is 6.79. The maximum absolute atomic E-state index is 11.1. The second kappa shape index (κ2) is 6.79. The van der Waals surface area contributed by atoms with Crippen molar-refractivity contribution in [3.63, 3.8) is 0 Å². The van der Waals surface area contributed by atoms with Gasteiger partial charge in [-0.2, -0.15) is 0 Å². The molecule has 0 radical (unpaired) electrons. The molecule has 0 saturated heterocycles. The molecule has 1 N–H and O–H groups in total. The number of H-pyrrole nitrogens is 1. The first-order valence-electron chi connectivity index (χ1n) is 8.03. The van der Waals surface area contributed by atoms with Crippen LogP contribution < -0.4 is 9.47 Å². The van der Waals surface area contributed by atoms with Gasteiger partial charge in [-0.1, -0.05) is 18.7 Å². The van der Waals surface area contributed by atoms with E-state index in [2.05, 4.69) is 17.6 Å². The molecular weight excluding hydrogens is 302 g/mol. The lowest BCUT2D eigenvalue weighted by Crippen LogP contribution is -2.06. The number of carbonyl (C=O) groups is 1. The predicted octanol–water partition coefficient (Wildman–Crippen LogP) is 4.26. The molecule has 1 aliphatic heterocycles. The molecule has 0 unspecified atom stereocenters. The lowest BCUT2D eigenvalue weighted by atomic mass is 10.0. The van der Waals surface area contributed by atoms with Crippen molar-refractivity contribution in [3.8, 4) is 22.8 Å². The Hall–Kier alpha value is -2.75. The molecule has 1 aromatic heterocycles. The van der Waals surface area contributed by atoms with Gasteiger partial charge in [-0.05, 0) is 37.6 Å². The van der Waals surface area contributed by atoms with Gasteiger partial charge < -0.3 is 14.5 Å². The summed E-state index contributed by atoms with van der Waals surface area (Å²) in [6, 6.07) is 5.68. The Morgan fingerprint density at radius 2 is 2.29 bits per heavy atom. The molecule has 124 valence electrons. The molecule has 2 aromatic rings. The number of allylic oxidation sites excluding steroid dienone is 1. The van der Waals surface area contributed by atoms with E-state index < -0.39 is 0 Å². The summed E-state index contributed by atoms with van der Waals surface area (Å²) < 4.78 is 11.4. The van der Waals surface area contributed by atoms with Crippen LogP contribution in [0.1, 0.15) is 30.7 Å². The molecule has 4 nitrogen and oxygen atoms in total. The fraction of sp³-hybridized carbons (Fsp3) is 0.250. The highest BCUT2D eigenvalue weighted by molar-refractivity contribution is 5.80. The lowest BCUT2D eigenvalue weighted by Gasteiger charge is -2.10. The molecule has 0 aliphatic carbocycles. The predicted molar refractivity (Wildman–Crippen MR) is 96.4 cm³/mol. The number of aromatic amines is 1. The van der Waals surface area contributed by atoms with Crippen molar-refractivity contribution in [2.75, 3.05) is 13.2 Å². The minimum absolute atomic E-state index is 0.0101. The van der Waals surface area contributed by atoms with E-state index in [9.17, 15) is 4.79 Å². The van der Waals surface area contributed by atoms with Gasteiger partial charge in [0.2, 0.25) is 0 Å². The van der Waals surface area contributed by atoms with Gasteiger partial charge in [0.1, 0.15) is 18.1 Å². The molecule has 0 saturated carbocycles. The number of ether oxygens (including phenoxy) is 2. The number of fused-ring (bicyclic) bond motifs is 3. The summed E-state index contributed by atoms with van der Waals surface area (Å²) in [4.78, 5) is 14.5. The number of carbonyl (C=O) groups excluding carboxylic acids is 1. The maximum Gasteiger partial charge on any atom is 0.167 e. The van der Waals surface area contributed by atoms with Crippen LogP contribution in [0.15, 0.2) is 30.9 Å². The second-order valence-corrected chi connectivity index (χ2v) is 5.76. The van der Waals surface area contributed by atoms with Crippen LogP contribution in [0.3, 0.4) is 0 Å². The third-order valence-electron chi connectivity index (χ3n) is 3.99. The summed E-state index contributed by atoms with van der Waals surface area (Å²) in [5.41, 5.74) is 5.47. The quantitative estimate of drug-likeness (QED) is 0.894. The zero-order valence-electron chi connectivity index (χ0n) is 14.0. The number of rotatable bonds is 5. The van der Waals surface area contributed by atoms with Gasteiger partial charge in [0.25, 0.3) is 0 Å². The Morgan fingerprint density at radius 1 is 1.46 bits per heavy atom. The summed E-state index contributed by atoms with van der Waals surface area (Å²) in [7, 11) is 0.